The van der Waals surface area contributed by atoms with Crippen molar-refractivity contribution in [3.63, 3.8) is 0 Å². The Morgan fingerprint density at radius 2 is 2.12 bits per heavy atom. The van der Waals surface area contributed by atoms with Gasteiger partial charge in [0.15, 0.2) is 0 Å². The van der Waals surface area contributed by atoms with Crippen molar-refractivity contribution in [2.24, 2.45) is 0 Å². The first-order valence-corrected chi connectivity index (χ1v) is 7.81. The second-order valence-electron chi connectivity index (χ2n) is 5.70. The summed E-state index contributed by atoms with van der Waals surface area (Å²) in [6.45, 7) is 0. The highest BCUT2D eigenvalue weighted by Crippen LogP contribution is 2.30. The van der Waals surface area contributed by atoms with Crippen LogP contribution in [0.5, 0.6) is 5.75 Å². The van der Waals surface area contributed by atoms with E-state index in [0.717, 1.165) is 11.1 Å². The maximum Gasteiger partial charge on any atom is 0.547 e. The minimum Gasteiger partial charge on any atom is -0.534 e. The van der Waals surface area contributed by atoms with Crippen molar-refractivity contribution in [1.82, 2.24) is 10.3 Å². The summed E-state index contributed by atoms with van der Waals surface area (Å²) < 4.78 is 10.2. The highest BCUT2D eigenvalue weighted by Gasteiger charge is 2.37. The Morgan fingerprint density at radius 3 is 2.84 bits per heavy atom. The summed E-state index contributed by atoms with van der Waals surface area (Å²) in [7, 11) is 0.0306. The van der Waals surface area contributed by atoms with Gasteiger partial charge in [-0.2, -0.15) is 0 Å². The van der Waals surface area contributed by atoms with Crippen molar-refractivity contribution < 1.29 is 24.0 Å². The van der Waals surface area contributed by atoms with E-state index in [4.69, 9.17) is 9.39 Å². The molecule has 1 aliphatic rings. The maximum atomic E-state index is 12.2. The van der Waals surface area contributed by atoms with Crippen molar-refractivity contribution in [3.8, 4) is 5.75 Å². The van der Waals surface area contributed by atoms with Crippen LogP contribution < -0.4 is 9.97 Å². The van der Waals surface area contributed by atoms with Gasteiger partial charge in [0, 0.05) is 12.4 Å². The third kappa shape index (κ3) is 3.80. The molecule has 3 rings (SSSR count). The van der Waals surface area contributed by atoms with Crippen LogP contribution in [0, 0.1) is 0 Å². The first kappa shape index (κ1) is 17.0. The van der Waals surface area contributed by atoms with Crippen LogP contribution in [0.15, 0.2) is 42.7 Å². The number of aromatic nitrogens is 1. The molecule has 0 bridgehead atoms. The summed E-state index contributed by atoms with van der Waals surface area (Å²) in [4.78, 5) is 27.9. The number of hydrogen-bond acceptors (Lipinski definition) is 6. The molecule has 1 aliphatic heterocycles. The number of amides is 1. The van der Waals surface area contributed by atoms with E-state index >= 15 is 0 Å². The van der Waals surface area contributed by atoms with Crippen LogP contribution in [-0.2, 0) is 22.4 Å². The average molecular weight is 340 g/mol. The van der Waals surface area contributed by atoms with E-state index in [1.54, 1.807) is 42.7 Å². The molecule has 2 heterocycles. The Kier molecular flexibility index (Phi) is 4.99. The monoisotopic (exact) mass is 340 g/mol. The molecule has 0 saturated heterocycles. The zero-order chi connectivity index (χ0) is 17.8. The normalized spacial score (nSPS) is 15.8. The van der Waals surface area contributed by atoms with Gasteiger partial charge in [0.25, 0.3) is 0 Å². The fourth-order valence-corrected chi connectivity index (χ4v) is 2.76. The Morgan fingerprint density at radius 1 is 1.36 bits per heavy atom. The van der Waals surface area contributed by atoms with Gasteiger partial charge < -0.3 is 19.7 Å². The topological polar surface area (TPSA) is 97.8 Å². The number of methoxy groups -OCH3 is 1. The molecule has 1 aromatic heterocycles. The number of pyridine rings is 1. The van der Waals surface area contributed by atoms with E-state index < -0.39 is 19.0 Å². The minimum absolute atomic E-state index is 0.181. The zero-order valence-electron chi connectivity index (χ0n) is 13.6. The molecule has 0 aliphatic carbocycles. The predicted molar refractivity (Wildman–Crippen MR) is 90.0 cm³/mol. The standard InChI is InChI=1S/C17H17BN2O5/c1-24-17(22)13-4-2-3-12-10-14(18(23)25-16(12)13)20-15(21)9-11-5-7-19-8-6-11/h2-8,14,23H,9-10H2,1H3,(H,20,21)/t14-/m0/s1. The number of benzene rings is 1. The Balaban J connectivity index is 1.72. The van der Waals surface area contributed by atoms with Gasteiger partial charge >= 0.3 is 13.1 Å². The maximum absolute atomic E-state index is 12.2. The van der Waals surface area contributed by atoms with Crippen LogP contribution in [0.3, 0.4) is 0 Å². The molecule has 128 valence electrons. The Hall–Kier alpha value is -2.87. The Bertz CT molecular complexity index is 784. The van der Waals surface area contributed by atoms with Crippen molar-refractivity contribution in [1.29, 1.82) is 0 Å². The van der Waals surface area contributed by atoms with Gasteiger partial charge in [-0.05, 0) is 35.7 Å². The van der Waals surface area contributed by atoms with Crippen molar-refractivity contribution >= 4 is 19.0 Å². The number of carbonyl (C=O) groups is 2. The van der Waals surface area contributed by atoms with E-state index in [1.807, 2.05) is 0 Å². The highest BCUT2D eigenvalue weighted by molar-refractivity contribution is 6.47. The average Bonchev–Trinajstić information content (AvgIpc) is 2.62. The molecule has 1 atom stereocenters. The first-order chi connectivity index (χ1) is 12.1. The van der Waals surface area contributed by atoms with Gasteiger partial charge in [0.05, 0.1) is 19.5 Å². The minimum atomic E-state index is -1.25. The van der Waals surface area contributed by atoms with Gasteiger partial charge in [0.1, 0.15) is 11.3 Å². The molecule has 0 spiro atoms. The SMILES string of the molecule is COC(=O)c1cccc2c1OB(O)[C@@H](NC(=O)Cc1ccncc1)C2. The molecule has 0 radical (unpaired) electrons. The van der Waals surface area contributed by atoms with Crippen LogP contribution in [0.1, 0.15) is 21.5 Å². The molecule has 0 fully saturated rings. The number of hydrogen-bond donors (Lipinski definition) is 2. The molecule has 8 heteroatoms. The third-order valence-corrected chi connectivity index (χ3v) is 3.98. The fraction of sp³-hybridized carbons (Fsp3) is 0.235. The van der Waals surface area contributed by atoms with Gasteiger partial charge in [-0.3, -0.25) is 9.78 Å². The second kappa shape index (κ2) is 7.35. The molecule has 25 heavy (non-hydrogen) atoms. The molecule has 2 N–H and O–H groups in total. The number of fused-ring (bicyclic) bond motifs is 1. The lowest BCUT2D eigenvalue weighted by molar-refractivity contribution is -0.120. The fourth-order valence-electron chi connectivity index (χ4n) is 2.76. The number of nitrogens with one attached hydrogen (secondary N) is 1. The van der Waals surface area contributed by atoms with Gasteiger partial charge in [0.2, 0.25) is 5.91 Å². The highest BCUT2D eigenvalue weighted by atomic mass is 16.5. The number of esters is 1. The third-order valence-electron chi connectivity index (χ3n) is 3.98. The molecule has 1 amide bonds. The smallest absolute Gasteiger partial charge is 0.534 e. The van der Waals surface area contributed by atoms with Crippen LogP contribution in [0.2, 0.25) is 0 Å². The summed E-state index contributed by atoms with van der Waals surface area (Å²) >= 11 is 0. The second-order valence-corrected chi connectivity index (χ2v) is 5.70. The number of ether oxygens (including phenoxy) is 1. The van der Waals surface area contributed by atoms with Crippen molar-refractivity contribution in [3.05, 3.63) is 59.4 Å². The molecular weight excluding hydrogens is 323 g/mol. The predicted octanol–water partition coefficient (Wildman–Crippen LogP) is 0.550. The summed E-state index contributed by atoms with van der Waals surface area (Å²) in [6.07, 6.45) is 3.77. The van der Waals surface area contributed by atoms with Gasteiger partial charge in [-0.25, -0.2) is 4.79 Å². The molecular formula is C17H17BN2O5. The number of carbonyl (C=O) groups excluding carboxylic acids is 2. The van der Waals surface area contributed by atoms with Crippen LogP contribution in [-0.4, -0.2) is 42.1 Å². The van der Waals surface area contributed by atoms with E-state index in [-0.39, 0.29) is 17.9 Å². The van der Waals surface area contributed by atoms with Gasteiger partial charge in [-0.15, -0.1) is 0 Å². The van der Waals surface area contributed by atoms with Crippen LogP contribution in [0.4, 0.5) is 0 Å². The van der Waals surface area contributed by atoms with Gasteiger partial charge in [-0.1, -0.05) is 12.1 Å². The number of rotatable bonds is 4. The summed E-state index contributed by atoms with van der Waals surface area (Å²) in [6, 6.07) is 8.58. The molecule has 7 nitrogen and oxygen atoms in total. The van der Waals surface area contributed by atoms with Crippen LogP contribution in [0.25, 0.3) is 0 Å². The quantitative estimate of drug-likeness (QED) is 0.623. The largest absolute Gasteiger partial charge is 0.547 e. The van der Waals surface area contributed by atoms with Crippen LogP contribution >= 0.6 is 0 Å². The van der Waals surface area contributed by atoms with Crippen molar-refractivity contribution in [2.75, 3.05) is 7.11 Å². The lowest BCUT2D eigenvalue weighted by Gasteiger charge is -2.29. The van der Waals surface area contributed by atoms with E-state index in [1.165, 1.54) is 7.11 Å². The van der Waals surface area contributed by atoms with Crippen molar-refractivity contribution in [2.45, 2.75) is 18.8 Å². The lowest BCUT2D eigenvalue weighted by atomic mass is 9.72. The summed E-state index contributed by atoms with van der Waals surface area (Å²) in [5.74, 6) is -1.08. The number of nitrogens with zero attached hydrogens (tertiary/aromatic N) is 1. The molecule has 2 aromatic rings. The first-order valence-electron chi connectivity index (χ1n) is 7.81. The molecule has 0 unspecified atom stereocenters. The van der Waals surface area contributed by atoms with E-state index in [2.05, 4.69) is 10.3 Å². The molecule has 0 saturated carbocycles. The summed E-state index contributed by atoms with van der Waals surface area (Å²) in [5.41, 5.74) is 1.80. The summed E-state index contributed by atoms with van der Waals surface area (Å²) in [5, 5.41) is 13.0. The Labute approximate surface area is 145 Å². The molecule has 1 aromatic carbocycles. The van der Waals surface area contributed by atoms with E-state index in [0.29, 0.717) is 12.2 Å². The lowest BCUT2D eigenvalue weighted by Crippen LogP contribution is -2.53. The van der Waals surface area contributed by atoms with E-state index in [9.17, 15) is 14.6 Å². The zero-order valence-corrected chi connectivity index (χ0v) is 13.6. The number of para-hydroxylation sites is 1.